The standard InChI is InChI=1S/C20H28F2N4O2S/c1-3-23-20(24-11-5-4-6-18-26-14(2)13-29-18)25-12-17(27)15-7-9-16(10-8-15)28-19(21)22/h7-10,13,17,19,27H,3-6,11-12H2,1-2H3,(H2,23,24,25). The van der Waals surface area contributed by atoms with Gasteiger partial charge < -0.3 is 20.5 Å². The summed E-state index contributed by atoms with van der Waals surface area (Å²) in [5, 5.41) is 19.9. The number of unbranched alkanes of at least 4 members (excludes halogenated alkanes) is 1. The van der Waals surface area contributed by atoms with Crippen LogP contribution in [-0.4, -0.2) is 42.3 Å². The molecule has 0 bridgehead atoms. The maximum absolute atomic E-state index is 12.2. The average Bonchev–Trinajstić information content (AvgIpc) is 3.10. The molecule has 0 fully saturated rings. The summed E-state index contributed by atoms with van der Waals surface area (Å²) in [6.45, 7) is 2.74. The fourth-order valence-electron chi connectivity index (χ4n) is 2.62. The predicted molar refractivity (Wildman–Crippen MR) is 112 cm³/mol. The van der Waals surface area contributed by atoms with E-state index in [4.69, 9.17) is 0 Å². The minimum Gasteiger partial charge on any atom is -0.435 e. The Bertz CT molecular complexity index is 753. The molecule has 29 heavy (non-hydrogen) atoms. The Kier molecular flexibility index (Phi) is 9.79. The first-order valence-corrected chi connectivity index (χ1v) is 10.5. The van der Waals surface area contributed by atoms with Crippen molar-refractivity contribution in [3.63, 3.8) is 0 Å². The van der Waals surface area contributed by atoms with Gasteiger partial charge in [-0.25, -0.2) is 4.98 Å². The Balaban J connectivity index is 1.76. The first-order valence-electron chi connectivity index (χ1n) is 9.64. The van der Waals surface area contributed by atoms with E-state index in [1.807, 2.05) is 13.8 Å². The molecule has 0 radical (unpaired) electrons. The van der Waals surface area contributed by atoms with Gasteiger partial charge in [0.2, 0.25) is 0 Å². The van der Waals surface area contributed by atoms with Gasteiger partial charge in [-0.05, 0) is 50.8 Å². The lowest BCUT2D eigenvalue weighted by Gasteiger charge is -2.13. The van der Waals surface area contributed by atoms with Gasteiger partial charge in [0.05, 0.1) is 17.7 Å². The van der Waals surface area contributed by atoms with E-state index >= 15 is 0 Å². The summed E-state index contributed by atoms with van der Waals surface area (Å²) in [6, 6.07) is 5.92. The number of nitrogens with one attached hydrogen (secondary N) is 2. The van der Waals surface area contributed by atoms with Crippen molar-refractivity contribution >= 4 is 17.3 Å². The van der Waals surface area contributed by atoms with E-state index in [-0.39, 0.29) is 12.3 Å². The van der Waals surface area contributed by atoms with Gasteiger partial charge >= 0.3 is 6.61 Å². The Morgan fingerprint density at radius 2 is 2.00 bits per heavy atom. The van der Waals surface area contributed by atoms with Gasteiger partial charge in [0.25, 0.3) is 0 Å². The Labute approximate surface area is 174 Å². The van der Waals surface area contributed by atoms with Crippen molar-refractivity contribution in [2.45, 2.75) is 45.8 Å². The number of aryl methyl sites for hydroxylation is 2. The molecule has 2 aromatic rings. The number of aromatic nitrogens is 1. The molecule has 0 amide bonds. The van der Waals surface area contributed by atoms with Gasteiger partial charge in [-0.1, -0.05) is 12.1 Å². The second kappa shape index (κ2) is 12.3. The highest BCUT2D eigenvalue weighted by molar-refractivity contribution is 7.09. The van der Waals surface area contributed by atoms with Crippen LogP contribution < -0.4 is 15.4 Å². The first-order chi connectivity index (χ1) is 14.0. The van der Waals surface area contributed by atoms with Crippen LogP contribution in [0, 0.1) is 6.92 Å². The van der Waals surface area contributed by atoms with Crippen LogP contribution in [0.15, 0.2) is 34.6 Å². The van der Waals surface area contributed by atoms with Crippen LogP contribution in [0.3, 0.4) is 0 Å². The fourth-order valence-corrected chi connectivity index (χ4v) is 3.44. The van der Waals surface area contributed by atoms with Crippen LogP contribution in [0.4, 0.5) is 8.78 Å². The predicted octanol–water partition coefficient (Wildman–Crippen LogP) is 3.66. The maximum Gasteiger partial charge on any atom is 0.387 e. The van der Waals surface area contributed by atoms with Crippen LogP contribution in [-0.2, 0) is 6.42 Å². The number of ether oxygens (including phenoxy) is 1. The molecule has 3 N–H and O–H groups in total. The topological polar surface area (TPSA) is 78.8 Å². The number of thiazole rings is 1. The molecule has 1 atom stereocenters. The van der Waals surface area contributed by atoms with E-state index < -0.39 is 12.7 Å². The van der Waals surface area contributed by atoms with Gasteiger partial charge in [0, 0.05) is 24.2 Å². The molecule has 0 spiro atoms. The third-order valence-electron chi connectivity index (χ3n) is 4.03. The fraction of sp³-hybridized carbons (Fsp3) is 0.500. The van der Waals surface area contributed by atoms with Gasteiger partial charge in [-0.15, -0.1) is 11.3 Å². The summed E-state index contributed by atoms with van der Waals surface area (Å²) in [4.78, 5) is 8.86. The number of guanidine groups is 1. The number of nitrogens with zero attached hydrogens (tertiary/aromatic N) is 2. The number of hydrogen-bond donors (Lipinski definition) is 3. The summed E-state index contributed by atoms with van der Waals surface area (Å²) >= 11 is 1.69. The van der Waals surface area contributed by atoms with Crippen molar-refractivity contribution in [1.82, 2.24) is 15.6 Å². The molecule has 0 aliphatic rings. The third kappa shape index (κ3) is 8.74. The SMILES string of the molecule is CCNC(=NCC(O)c1ccc(OC(F)F)cc1)NCCCCc1nc(C)cs1. The summed E-state index contributed by atoms with van der Waals surface area (Å²) in [5.41, 5.74) is 1.66. The van der Waals surface area contributed by atoms with Crippen LogP contribution in [0.25, 0.3) is 0 Å². The maximum atomic E-state index is 12.2. The van der Waals surface area contributed by atoms with Crippen molar-refractivity contribution < 1.29 is 18.6 Å². The lowest BCUT2D eigenvalue weighted by atomic mass is 10.1. The molecule has 0 saturated heterocycles. The number of aliphatic imine (C=N–C) groups is 1. The van der Waals surface area contributed by atoms with E-state index in [1.54, 1.807) is 23.5 Å². The molecule has 1 aromatic heterocycles. The number of rotatable bonds is 11. The van der Waals surface area contributed by atoms with E-state index in [9.17, 15) is 13.9 Å². The first kappa shape index (κ1) is 23.0. The highest BCUT2D eigenvalue weighted by Crippen LogP contribution is 2.19. The van der Waals surface area contributed by atoms with Crippen molar-refractivity contribution in [1.29, 1.82) is 0 Å². The second-order valence-electron chi connectivity index (χ2n) is 6.45. The highest BCUT2D eigenvalue weighted by Gasteiger charge is 2.09. The molecule has 2 rings (SSSR count). The van der Waals surface area contributed by atoms with Crippen molar-refractivity contribution in [3.8, 4) is 5.75 Å². The minimum absolute atomic E-state index is 0.0577. The molecule has 0 aliphatic heterocycles. The molecular weight excluding hydrogens is 398 g/mol. The smallest absolute Gasteiger partial charge is 0.387 e. The largest absolute Gasteiger partial charge is 0.435 e. The number of aliphatic hydroxyl groups excluding tert-OH is 1. The number of aliphatic hydroxyl groups is 1. The normalized spacial score (nSPS) is 12.8. The van der Waals surface area contributed by atoms with Crippen molar-refractivity contribution in [2.75, 3.05) is 19.6 Å². The zero-order valence-corrected chi connectivity index (χ0v) is 17.5. The average molecular weight is 427 g/mol. The number of hydrogen-bond acceptors (Lipinski definition) is 5. The highest BCUT2D eigenvalue weighted by atomic mass is 32.1. The number of alkyl halides is 2. The van der Waals surface area contributed by atoms with Crippen molar-refractivity contribution in [2.24, 2.45) is 4.99 Å². The van der Waals surface area contributed by atoms with E-state index in [2.05, 4.69) is 30.7 Å². The second-order valence-corrected chi connectivity index (χ2v) is 7.39. The summed E-state index contributed by atoms with van der Waals surface area (Å²) < 4.78 is 28.7. The van der Waals surface area contributed by atoms with Crippen LogP contribution in [0.2, 0.25) is 0 Å². The quantitative estimate of drug-likeness (QED) is 0.290. The van der Waals surface area contributed by atoms with Gasteiger partial charge in [-0.3, -0.25) is 4.99 Å². The minimum atomic E-state index is -2.87. The van der Waals surface area contributed by atoms with Crippen LogP contribution in [0.5, 0.6) is 5.75 Å². The monoisotopic (exact) mass is 426 g/mol. The van der Waals surface area contributed by atoms with E-state index in [0.29, 0.717) is 18.1 Å². The molecule has 1 heterocycles. The number of halogens is 2. The van der Waals surface area contributed by atoms with E-state index in [0.717, 1.165) is 36.5 Å². The molecule has 6 nitrogen and oxygen atoms in total. The Hall–Kier alpha value is -2.26. The number of benzene rings is 1. The molecule has 160 valence electrons. The van der Waals surface area contributed by atoms with Crippen molar-refractivity contribution in [3.05, 3.63) is 45.9 Å². The zero-order valence-electron chi connectivity index (χ0n) is 16.7. The lowest BCUT2D eigenvalue weighted by molar-refractivity contribution is -0.0498. The molecule has 9 heteroatoms. The summed E-state index contributed by atoms with van der Waals surface area (Å²) in [7, 11) is 0. The lowest BCUT2D eigenvalue weighted by Crippen LogP contribution is -2.38. The Morgan fingerprint density at radius 1 is 1.24 bits per heavy atom. The van der Waals surface area contributed by atoms with E-state index in [1.165, 1.54) is 12.1 Å². The Morgan fingerprint density at radius 3 is 2.62 bits per heavy atom. The van der Waals surface area contributed by atoms with Gasteiger partial charge in [0.15, 0.2) is 5.96 Å². The molecule has 1 aromatic carbocycles. The summed E-state index contributed by atoms with van der Waals surface area (Å²) in [6.07, 6.45) is 2.16. The van der Waals surface area contributed by atoms with Crippen LogP contribution in [0.1, 0.15) is 42.1 Å². The molecular formula is C20H28F2N4O2S. The summed E-state index contributed by atoms with van der Waals surface area (Å²) in [5.74, 6) is 0.691. The molecule has 0 aliphatic carbocycles. The van der Waals surface area contributed by atoms with Crippen LogP contribution >= 0.6 is 11.3 Å². The molecule has 1 unspecified atom stereocenters. The third-order valence-corrected chi connectivity index (χ3v) is 5.06. The molecule has 0 saturated carbocycles. The van der Waals surface area contributed by atoms with Gasteiger partial charge in [-0.2, -0.15) is 8.78 Å². The van der Waals surface area contributed by atoms with Gasteiger partial charge in [0.1, 0.15) is 5.75 Å². The zero-order chi connectivity index (χ0) is 21.1.